The lowest BCUT2D eigenvalue weighted by atomic mass is 9.94. The van der Waals surface area contributed by atoms with E-state index in [1.807, 2.05) is 37.3 Å². The Balaban J connectivity index is 1.39. The Morgan fingerprint density at radius 1 is 0.630 bits per heavy atom. The highest BCUT2D eigenvalue weighted by Gasteiger charge is 2.21. The number of para-hydroxylation sites is 1. The van der Waals surface area contributed by atoms with Gasteiger partial charge in [0.1, 0.15) is 11.2 Å². The van der Waals surface area contributed by atoms with E-state index in [9.17, 15) is 0 Å². The molecule has 2 N–H and O–H groups in total. The lowest BCUT2D eigenvalue weighted by Gasteiger charge is -2.27. The van der Waals surface area contributed by atoms with Gasteiger partial charge in [0.2, 0.25) is 0 Å². The van der Waals surface area contributed by atoms with Crippen LogP contribution in [-0.4, -0.2) is 0 Å². The molecule has 3 heteroatoms. The third-order valence-corrected chi connectivity index (χ3v) is 8.71. The van der Waals surface area contributed by atoms with Crippen molar-refractivity contribution in [1.29, 1.82) is 0 Å². The molecule has 0 bridgehead atoms. The summed E-state index contributed by atoms with van der Waals surface area (Å²) in [6, 6.07) is 51.3. The number of hydrogen-bond donors (Lipinski definition) is 1. The first-order valence-corrected chi connectivity index (χ1v) is 15.6. The molecule has 0 spiro atoms. The molecule has 0 aliphatic heterocycles. The summed E-state index contributed by atoms with van der Waals surface area (Å²) < 4.78 is 6.75. The number of allylic oxidation sites excluding steroid dienone is 3. The van der Waals surface area contributed by atoms with Gasteiger partial charge in [-0.2, -0.15) is 0 Å². The van der Waals surface area contributed by atoms with Gasteiger partial charge in [-0.1, -0.05) is 115 Å². The van der Waals surface area contributed by atoms with Crippen LogP contribution < -0.4 is 10.6 Å². The van der Waals surface area contributed by atoms with Crippen LogP contribution >= 0.6 is 0 Å². The largest absolute Gasteiger partial charge is 0.455 e. The first-order valence-electron chi connectivity index (χ1n) is 15.6. The van der Waals surface area contributed by atoms with Crippen molar-refractivity contribution in [3.8, 4) is 11.1 Å². The van der Waals surface area contributed by atoms with Gasteiger partial charge in [-0.25, -0.2) is 0 Å². The number of anilines is 3. The maximum absolute atomic E-state index is 6.75. The minimum Gasteiger partial charge on any atom is -0.455 e. The third kappa shape index (κ3) is 4.61. The summed E-state index contributed by atoms with van der Waals surface area (Å²) >= 11 is 0. The summed E-state index contributed by atoms with van der Waals surface area (Å²) in [4.78, 5) is 2.34. The minimum absolute atomic E-state index is 0.705. The zero-order chi connectivity index (χ0) is 31.0. The zero-order valence-corrected chi connectivity index (χ0v) is 25.5. The van der Waals surface area contributed by atoms with E-state index in [1.165, 1.54) is 10.8 Å². The third-order valence-electron chi connectivity index (χ3n) is 8.71. The molecular formula is C43H32N2O. The summed E-state index contributed by atoms with van der Waals surface area (Å²) in [6.45, 7) is 1.99. The second-order valence-corrected chi connectivity index (χ2v) is 11.5. The molecular weight excluding hydrogens is 560 g/mol. The van der Waals surface area contributed by atoms with Crippen LogP contribution in [0.5, 0.6) is 0 Å². The molecule has 0 saturated carbocycles. The van der Waals surface area contributed by atoms with Crippen LogP contribution in [0.25, 0.3) is 60.3 Å². The molecule has 0 amide bonds. The molecule has 1 aromatic heterocycles. The van der Waals surface area contributed by atoms with Crippen molar-refractivity contribution < 1.29 is 4.42 Å². The second-order valence-electron chi connectivity index (χ2n) is 11.5. The molecule has 0 saturated heterocycles. The fourth-order valence-electron chi connectivity index (χ4n) is 6.63. The zero-order valence-electron chi connectivity index (χ0n) is 25.5. The van der Waals surface area contributed by atoms with Crippen LogP contribution in [0.2, 0.25) is 0 Å². The summed E-state index contributed by atoms with van der Waals surface area (Å²) in [5.74, 6) is 0. The predicted molar refractivity (Wildman–Crippen MR) is 196 cm³/mol. The fourth-order valence-corrected chi connectivity index (χ4v) is 6.63. The van der Waals surface area contributed by atoms with Gasteiger partial charge in [0.15, 0.2) is 0 Å². The van der Waals surface area contributed by atoms with Crippen molar-refractivity contribution in [2.45, 2.75) is 6.92 Å². The SMILES string of the molecule is C/C=C\C=C(/N)c1cccc2oc3c(-c4cccc(N(c5ccccc5)c5cccc6ccccc56)c4)cc4ccccc4c3c12. The highest BCUT2D eigenvalue weighted by Crippen LogP contribution is 2.45. The predicted octanol–water partition coefficient (Wildman–Crippen LogP) is 11.9. The van der Waals surface area contributed by atoms with Crippen LogP contribution in [-0.2, 0) is 0 Å². The lowest BCUT2D eigenvalue weighted by Crippen LogP contribution is -2.10. The van der Waals surface area contributed by atoms with Crippen LogP contribution in [0.4, 0.5) is 17.1 Å². The van der Waals surface area contributed by atoms with Gasteiger partial charge in [-0.3, -0.25) is 0 Å². The first-order chi connectivity index (χ1) is 22.7. The van der Waals surface area contributed by atoms with E-state index in [1.54, 1.807) is 0 Å². The van der Waals surface area contributed by atoms with E-state index >= 15 is 0 Å². The Labute approximate surface area is 268 Å². The second kappa shape index (κ2) is 11.5. The molecule has 0 unspecified atom stereocenters. The van der Waals surface area contributed by atoms with Gasteiger partial charge in [0, 0.05) is 44.4 Å². The van der Waals surface area contributed by atoms with E-state index in [4.69, 9.17) is 10.2 Å². The van der Waals surface area contributed by atoms with Crippen LogP contribution in [0.1, 0.15) is 12.5 Å². The van der Waals surface area contributed by atoms with Crippen LogP contribution in [0.3, 0.4) is 0 Å². The molecule has 0 fully saturated rings. The minimum atomic E-state index is 0.705. The normalized spacial score (nSPS) is 12.2. The van der Waals surface area contributed by atoms with Gasteiger partial charge >= 0.3 is 0 Å². The summed E-state index contributed by atoms with van der Waals surface area (Å²) in [6.07, 6.45) is 5.91. The van der Waals surface area contributed by atoms with Gasteiger partial charge in [0.05, 0.1) is 5.69 Å². The molecule has 8 rings (SSSR count). The number of benzene rings is 7. The Morgan fingerprint density at radius 3 is 2.17 bits per heavy atom. The molecule has 3 nitrogen and oxygen atoms in total. The quantitative estimate of drug-likeness (QED) is 0.195. The van der Waals surface area contributed by atoms with Crippen LogP contribution in [0.15, 0.2) is 168 Å². The van der Waals surface area contributed by atoms with Crippen molar-refractivity contribution in [3.63, 3.8) is 0 Å². The fraction of sp³-hybridized carbons (Fsp3) is 0.0233. The Kier molecular flexibility index (Phi) is 6.85. The molecule has 1 heterocycles. The molecule has 0 aliphatic rings. The van der Waals surface area contributed by atoms with E-state index in [0.29, 0.717) is 5.70 Å². The van der Waals surface area contributed by atoms with E-state index in [0.717, 1.165) is 66.5 Å². The lowest BCUT2D eigenvalue weighted by molar-refractivity contribution is 0.670. The first kappa shape index (κ1) is 27.5. The Morgan fingerprint density at radius 2 is 1.33 bits per heavy atom. The maximum atomic E-state index is 6.75. The van der Waals surface area contributed by atoms with Crippen molar-refractivity contribution in [1.82, 2.24) is 0 Å². The van der Waals surface area contributed by atoms with Crippen molar-refractivity contribution in [2.24, 2.45) is 5.73 Å². The number of fused-ring (bicyclic) bond motifs is 6. The van der Waals surface area contributed by atoms with E-state index in [2.05, 4.69) is 138 Å². The van der Waals surface area contributed by atoms with Crippen molar-refractivity contribution >= 4 is 66.2 Å². The summed E-state index contributed by atoms with van der Waals surface area (Å²) in [7, 11) is 0. The number of rotatable bonds is 6. The highest BCUT2D eigenvalue weighted by atomic mass is 16.3. The summed E-state index contributed by atoms with van der Waals surface area (Å²) in [5.41, 5.74) is 15.4. The number of nitrogens with zero attached hydrogens (tertiary/aromatic N) is 1. The molecule has 7 aromatic carbocycles. The molecule has 46 heavy (non-hydrogen) atoms. The van der Waals surface area contributed by atoms with Crippen molar-refractivity contribution in [3.05, 3.63) is 169 Å². The molecule has 0 atom stereocenters. The van der Waals surface area contributed by atoms with Gasteiger partial charge in [-0.05, 0) is 77.2 Å². The van der Waals surface area contributed by atoms with Gasteiger partial charge < -0.3 is 15.1 Å². The standard InChI is InChI=1S/C43H32N2O/c1-2-3-24-38(44)36-23-13-26-40-41(36)42-35-22-10-8-15-31(35)28-37(43(42)46-40)30-17-11-20-33(27-30)45(32-18-5-4-6-19-32)39-25-12-16-29-14-7-9-21-34(29)39/h2-28H,44H2,1H3/b3-2-,38-24-. The molecule has 0 aliphatic carbocycles. The number of hydrogen-bond acceptors (Lipinski definition) is 3. The van der Waals surface area contributed by atoms with Crippen LogP contribution in [0, 0.1) is 0 Å². The number of nitrogens with two attached hydrogens (primary N) is 1. The maximum Gasteiger partial charge on any atom is 0.143 e. The molecule has 0 radical (unpaired) electrons. The molecule has 8 aromatic rings. The van der Waals surface area contributed by atoms with Gasteiger partial charge in [-0.15, -0.1) is 0 Å². The average Bonchev–Trinajstić information content (AvgIpc) is 3.51. The molecule has 220 valence electrons. The topological polar surface area (TPSA) is 42.4 Å². The average molecular weight is 593 g/mol. The van der Waals surface area contributed by atoms with Crippen molar-refractivity contribution in [2.75, 3.05) is 4.90 Å². The Hall–Kier alpha value is -6.06. The van der Waals surface area contributed by atoms with E-state index < -0.39 is 0 Å². The Bertz CT molecular complexity index is 2440. The van der Waals surface area contributed by atoms with E-state index in [-0.39, 0.29) is 0 Å². The monoisotopic (exact) mass is 592 g/mol. The highest BCUT2D eigenvalue weighted by molar-refractivity contribution is 6.24. The number of furan rings is 1. The summed E-state index contributed by atoms with van der Waals surface area (Å²) in [5, 5.41) is 6.80. The smallest absolute Gasteiger partial charge is 0.143 e. The van der Waals surface area contributed by atoms with Gasteiger partial charge in [0.25, 0.3) is 0 Å².